The molecule has 1 amide bonds. The molecule has 0 bridgehead atoms. The Balaban J connectivity index is 1.93. The van der Waals surface area contributed by atoms with Crippen molar-refractivity contribution in [1.82, 2.24) is 15.5 Å². The number of carbonyl (C=O) groups is 1. The van der Waals surface area contributed by atoms with Gasteiger partial charge in [-0.15, -0.1) is 0 Å². The Labute approximate surface area is 117 Å². The monoisotopic (exact) mass is 359 g/mol. The highest BCUT2D eigenvalue weighted by Crippen LogP contribution is 2.19. The second-order valence-corrected chi connectivity index (χ2v) is 4.76. The molecule has 0 saturated carbocycles. The lowest BCUT2D eigenvalue weighted by Crippen LogP contribution is -2.26. The first-order chi connectivity index (χ1) is 8.66. The summed E-state index contributed by atoms with van der Waals surface area (Å²) in [4.78, 5) is 15.6. The summed E-state index contributed by atoms with van der Waals surface area (Å²) in [5.41, 5.74) is 0.259. The Morgan fingerprint density at radius 2 is 2.33 bits per heavy atom. The number of amides is 1. The fourth-order valence-corrected chi connectivity index (χ4v) is 1.87. The average molecular weight is 359 g/mol. The van der Waals surface area contributed by atoms with Gasteiger partial charge in [0, 0.05) is 16.5 Å². The van der Waals surface area contributed by atoms with Crippen LogP contribution in [0.5, 0.6) is 5.75 Å². The van der Waals surface area contributed by atoms with Crippen LogP contribution in [0.3, 0.4) is 0 Å². The molecule has 0 saturated heterocycles. The first kappa shape index (κ1) is 12.8. The van der Waals surface area contributed by atoms with Gasteiger partial charge in [0.1, 0.15) is 5.75 Å². The molecule has 94 valence electrons. The van der Waals surface area contributed by atoms with Crippen molar-refractivity contribution in [2.24, 2.45) is 0 Å². The number of rotatable bonds is 4. The molecule has 6 nitrogen and oxygen atoms in total. The minimum Gasteiger partial charge on any atom is -0.507 e. The Bertz CT molecular complexity index is 542. The number of hydrogen-bond acceptors (Lipinski definition) is 5. The molecule has 0 radical (unpaired) electrons. The van der Waals surface area contributed by atoms with E-state index in [9.17, 15) is 9.90 Å². The van der Waals surface area contributed by atoms with Crippen LogP contribution in [0.1, 0.15) is 16.2 Å². The van der Waals surface area contributed by atoms with E-state index in [1.807, 2.05) is 0 Å². The number of phenolic OH excluding ortho intramolecular Hbond substituents is 1. The van der Waals surface area contributed by atoms with E-state index in [1.54, 1.807) is 12.1 Å². The molecule has 7 heteroatoms. The minimum absolute atomic E-state index is 0.0347. The van der Waals surface area contributed by atoms with Crippen LogP contribution in [-0.2, 0) is 6.42 Å². The summed E-state index contributed by atoms with van der Waals surface area (Å²) in [5.74, 6) is 0.171. The maximum absolute atomic E-state index is 11.8. The van der Waals surface area contributed by atoms with Crippen molar-refractivity contribution in [3.8, 4) is 5.75 Å². The molecule has 1 aromatic carbocycles. The summed E-state index contributed by atoms with van der Waals surface area (Å²) < 4.78 is 5.46. The molecular weight excluding hydrogens is 349 g/mol. The van der Waals surface area contributed by atoms with Gasteiger partial charge in [0.25, 0.3) is 5.91 Å². The molecule has 0 fully saturated rings. The quantitative estimate of drug-likeness (QED) is 0.805. The van der Waals surface area contributed by atoms with Crippen molar-refractivity contribution in [2.75, 3.05) is 6.54 Å². The van der Waals surface area contributed by atoms with Gasteiger partial charge in [-0.3, -0.25) is 4.79 Å². The number of benzene rings is 1. The van der Waals surface area contributed by atoms with E-state index >= 15 is 0 Å². The standard InChI is InChI=1S/C11H10IN3O3/c12-7-1-2-9(16)8(5-7)11(17)13-4-3-10-14-6-18-15-10/h1-2,5-6,16H,3-4H2,(H,13,17). The Morgan fingerprint density at radius 3 is 3.06 bits per heavy atom. The molecule has 2 rings (SSSR count). The number of phenols is 1. The highest BCUT2D eigenvalue weighted by atomic mass is 127. The van der Waals surface area contributed by atoms with Gasteiger partial charge in [0.15, 0.2) is 5.82 Å². The Morgan fingerprint density at radius 1 is 1.50 bits per heavy atom. The van der Waals surface area contributed by atoms with E-state index in [2.05, 4.69) is 42.6 Å². The van der Waals surface area contributed by atoms with E-state index in [1.165, 1.54) is 12.5 Å². The third-order valence-corrected chi connectivity index (χ3v) is 2.92. The first-order valence-corrected chi connectivity index (χ1v) is 6.26. The summed E-state index contributed by atoms with van der Waals surface area (Å²) in [6.07, 6.45) is 1.72. The Hall–Kier alpha value is -1.64. The molecule has 0 atom stereocenters. The molecular formula is C11H10IN3O3. The smallest absolute Gasteiger partial charge is 0.255 e. The predicted molar refractivity (Wildman–Crippen MR) is 71.2 cm³/mol. The highest BCUT2D eigenvalue weighted by molar-refractivity contribution is 14.1. The van der Waals surface area contributed by atoms with Gasteiger partial charge in [-0.05, 0) is 40.8 Å². The average Bonchev–Trinajstić information content (AvgIpc) is 2.85. The van der Waals surface area contributed by atoms with Crippen molar-refractivity contribution in [3.05, 3.63) is 39.6 Å². The summed E-state index contributed by atoms with van der Waals surface area (Å²) in [6.45, 7) is 0.378. The van der Waals surface area contributed by atoms with Gasteiger partial charge in [-0.25, -0.2) is 0 Å². The predicted octanol–water partition coefficient (Wildman–Crippen LogP) is 1.35. The largest absolute Gasteiger partial charge is 0.507 e. The Kier molecular flexibility index (Phi) is 4.13. The lowest BCUT2D eigenvalue weighted by molar-refractivity contribution is 0.0951. The van der Waals surface area contributed by atoms with Crippen LogP contribution in [0.25, 0.3) is 0 Å². The van der Waals surface area contributed by atoms with E-state index in [4.69, 9.17) is 0 Å². The molecule has 2 N–H and O–H groups in total. The fourth-order valence-electron chi connectivity index (χ4n) is 1.38. The van der Waals surface area contributed by atoms with Gasteiger partial charge in [-0.1, -0.05) is 5.16 Å². The van der Waals surface area contributed by atoms with Crippen molar-refractivity contribution >= 4 is 28.5 Å². The zero-order valence-electron chi connectivity index (χ0n) is 9.26. The van der Waals surface area contributed by atoms with E-state index < -0.39 is 0 Å². The summed E-state index contributed by atoms with van der Waals surface area (Å²) >= 11 is 2.08. The van der Waals surface area contributed by atoms with Gasteiger partial charge >= 0.3 is 0 Å². The second kappa shape index (κ2) is 5.80. The maximum Gasteiger partial charge on any atom is 0.255 e. The summed E-state index contributed by atoms with van der Waals surface area (Å²) in [7, 11) is 0. The van der Waals surface area contributed by atoms with Crippen LogP contribution in [0.4, 0.5) is 0 Å². The molecule has 0 unspecified atom stereocenters. The van der Waals surface area contributed by atoms with Crippen molar-refractivity contribution < 1.29 is 14.4 Å². The van der Waals surface area contributed by atoms with E-state index in [0.29, 0.717) is 18.8 Å². The summed E-state index contributed by atoms with van der Waals surface area (Å²) in [5, 5.41) is 15.9. The zero-order valence-corrected chi connectivity index (χ0v) is 11.4. The number of nitrogens with one attached hydrogen (secondary N) is 1. The highest BCUT2D eigenvalue weighted by Gasteiger charge is 2.11. The second-order valence-electron chi connectivity index (χ2n) is 3.51. The SMILES string of the molecule is O=C(NCCc1ncon1)c1cc(I)ccc1O. The molecule has 0 aliphatic carbocycles. The van der Waals surface area contributed by atoms with Gasteiger partial charge in [0.2, 0.25) is 6.39 Å². The fraction of sp³-hybridized carbons (Fsp3) is 0.182. The molecule has 0 aliphatic heterocycles. The normalized spacial score (nSPS) is 10.3. The van der Waals surface area contributed by atoms with Gasteiger partial charge in [-0.2, -0.15) is 4.98 Å². The van der Waals surface area contributed by atoms with Crippen LogP contribution < -0.4 is 5.32 Å². The van der Waals surface area contributed by atoms with Crippen LogP contribution in [0.2, 0.25) is 0 Å². The van der Waals surface area contributed by atoms with Crippen LogP contribution in [0, 0.1) is 3.57 Å². The minimum atomic E-state index is -0.325. The molecule has 1 heterocycles. The molecule has 18 heavy (non-hydrogen) atoms. The van der Waals surface area contributed by atoms with Gasteiger partial charge < -0.3 is 14.9 Å². The number of hydrogen-bond donors (Lipinski definition) is 2. The van der Waals surface area contributed by atoms with Crippen molar-refractivity contribution in [3.63, 3.8) is 0 Å². The van der Waals surface area contributed by atoms with E-state index in [0.717, 1.165) is 3.57 Å². The lowest BCUT2D eigenvalue weighted by Gasteiger charge is -2.06. The summed E-state index contributed by atoms with van der Waals surface area (Å²) in [6, 6.07) is 4.85. The zero-order chi connectivity index (χ0) is 13.0. The molecule has 0 spiro atoms. The van der Waals surface area contributed by atoms with Gasteiger partial charge in [0.05, 0.1) is 5.56 Å². The van der Waals surface area contributed by atoms with Crippen LogP contribution in [0.15, 0.2) is 29.1 Å². The number of carbonyl (C=O) groups excluding carboxylic acids is 1. The number of nitrogens with zero attached hydrogens (tertiary/aromatic N) is 2. The number of halogens is 1. The third kappa shape index (κ3) is 3.19. The number of aromatic hydroxyl groups is 1. The lowest BCUT2D eigenvalue weighted by atomic mass is 10.2. The maximum atomic E-state index is 11.8. The molecule has 2 aromatic rings. The molecule has 0 aliphatic rings. The molecule has 1 aromatic heterocycles. The third-order valence-electron chi connectivity index (χ3n) is 2.24. The topological polar surface area (TPSA) is 88.3 Å². The van der Waals surface area contributed by atoms with E-state index in [-0.39, 0.29) is 17.2 Å². The number of aromatic nitrogens is 2. The van der Waals surface area contributed by atoms with Crippen LogP contribution >= 0.6 is 22.6 Å². The van der Waals surface area contributed by atoms with Crippen molar-refractivity contribution in [1.29, 1.82) is 0 Å². The van der Waals surface area contributed by atoms with Crippen molar-refractivity contribution in [2.45, 2.75) is 6.42 Å². The first-order valence-electron chi connectivity index (χ1n) is 5.19. The van der Waals surface area contributed by atoms with Crippen LogP contribution in [-0.4, -0.2) is 27.7 Å².